The number of imide groups is 2. The smallest absolute Gasteiger partial charge is 0.262 e. The van der Waals surface area contributed by atoms with Crippen molar-refractivity contribution in [2.24, 2.45) is 10.8 Å². The zero-order chi connectivity index (χ0) is 39.2. The number of nitrogens with zero attached hydrogens (tertiary/aromatic N) is 4. The van der Waals surface area contributed by atoms with Gasteiger partial charge in [0.25, 0.3) is 17.7 Å². The number of aromatic nitrogens is 1. The van der Waals surface area contributed by atoms with E-state index in [1.807, 2.05) is 12.1 Å². The van der Waals surface area contributed by atoms with Crippen molar-refractivity contribution in [3.05, 3.63) is 87.7 Å². The Bertz CT molecular complexity index is 2090. The van der Waals surface area contributed by atoms with E-state index in [2.05, 4.69) is 49.3 Å². The molecule has 4 aliphatic rings. The number of nitriles is 1. The maximum absolute atomic E-state index is 13.4. The minimum Gasteiger partial charge on any atom is -0.492 e. The van der Waals surface area contributed by atoms with Crippen LogP contribution in [0.3, 0.4) is 0 Å². The molecule has 3 aliphatic heterocycles. The number of rotatable bonds is 10. The standard InChI is InChI=1S/C41H43ClN6O7/c1-40(2)38(41(3,4)39(40)55-27-7-5-24(21-43)30(42)20-27)46-34(50)25-6-10-31(44-22-25)23-13-15-47(16-14-23)17-18-54-26-8-9-28-29(19-26)37(53)48(36(28)52)32-11-12-33(49)45-35(32)51/h5-10,19-20,22-23,32,38-39H,11-18H2,1-4H3,(H,46,50)(H,45,49,51)/t32?,38-,39-. The average molecular weight is 767 g/mol. The number of benzene rings is 2. The molecule has 5 amide bonds. The van der Waals surface area contributed by atoms with E-state index >= 15 is 0 Å². The van der Waals surface area contributed by atoms with Crippen molar-refractivity contribution in [1.82, 2.24) is 25.4 Å². The van der Waals surface area contributed by atoms with Crippen LogP contribution in [0.4, 0.5) is 0 Å². The molecule has 13 nitrogen and oxygen atoms in total. The van der Waals surface area contributed by atoms with Gasteiger partial charge in [-0.3, -0.25) is 44.1 Å². The van der Waals surface area contributed by atoms with Crippen molar-refractivity contribution >= 4 is 41.1 Å². The van der Waals surface area contributed by atoms with Crippen molar-refractivity contribution in [1.29, 1.82) is 5.26 Å². The van der Waals surface area contributed by atoms with Crippen LogP contribution in [0, 0.1) is 22.2 Å². The summed E-state index contributed by atoms with van der Waals surface area (Å²) in [5.74, 6) is -1.07. The van der Waals surface area contributed by atoms with Gasteiger partial charge in [0.2, 0.25) is 11.8 Å². The molecule has 1 unspecified atom stereocenters. The zero-order valence-electron chi connectivity index (χ0n) is 31.2. The molecule has 286 valence electrons. The van der Waals surface area contributed by atoms with Crippen molar-refractivity contribution in [2.45, 2.75) is 77.5 Å². The topological polar surface area (TPSA) is 171 Å². The largest absolute Gasteiger partial charge is 0.492 e. The van der Waals surface area contributed by atoms with Crippen LogP contribution in [0.25, 0.3) is 0 Å². The lowest BCUT2D eigenvalue weighted by molar-refractivity contribution is -0.164. The van der Waals surface area contributed by atoms with E-state index < -0.39 is 29.7 Å². The van der Waals surface area contributed by atoms with Gasteiger partial charge < -0.3 is 14.8 Å². The summed E-state index contributed by atoms with van der Waals surface area (Å²) in [6, 6.07) is 14.4. The number of piperidine rings is 2. The fraction of sp³-hybridized carbons (Fsp3) is 0.439. The Labute approximate surface area is 324 Å². The van der Waals surface area contributed by atoms with Crippen LogP contribution in [0.2, 0.25) is 5.02 Å². The Balaban J connectivity index is 0.869. The van der Waals surface area contributed by atoms with E-state index in [0.29, 0.717) is 40.8 Å². The molecule has 4 heterocycles. The fourth-order valence-electron chi connectivity index (χ4n) is 8.88. The molecule has 55 heavy (non-hydrogen) atoms. The molecule has 0 radical (unpaired) electrons. The van der Waals surface area contributed by atoms with Gasteiger partial charge in [0.1, 0.15) is 36.3 Å². The highest BCUT2D eigenvalue weighted by molar-refractivity contribution is 6.31. The lowest BCUT2D eigenvalue weighted by atomic mass is 9.49. The van der Waals surface area contributed by atoms with Crippen LogP contribution in [0.1, 0.15) is 102 Å². The third-order valence-corrected chi connectivity index (χ3v) is 11.9. The number of likely N-dealkylation sites (tertiary alicyclic amines) is 1. The normalized spacial score (nSPS) is 23.3. The van der Waals surface area contributed by atoms with E-state index in [4.69, 9.17) is 26.1 Å². The summed E-state index contributed by atoms with van der Waals surface area (Å²) >= 11 is 6.23. The second kappa shape index (κ2) is 14.7. The number of ether oxygens (including phenoxy) is 2. The van der Waals surface area contributed by atoms with Crippen molar-refractivity contribution in [2.75, 3.05) is 26.2 Å². The summed E-state index contributed by atoms with van der Waals surface area (Å²) < 4.78 is 12.3. The number of carbonyl (C=O) groups excluding carboxylic acids is 5. The molecular weight excluding hydrogens is 724 g/mol. The minimum atomic E-state index is -1.01. The quantitative estimate of drug-likeness (QED) is 0.271. The zero-order valence-corrected chi connectivity index (χ0v) is 31.9. The SMILES string of the molecule is CC1(C)[C@H](NC(=O)c2ccc(C3CCN(CCOc4ccc5c(c4)C(=O)N(C4CCC(=O)NC4=O)C5=O)CC3)nc2)C(C)(C)[C@H]1Oc1ccc(C#N)c(Cl)c1. The summed E-state index contributed by atoms with van der Waals surface area (Å²) in [6.45, 7) is 11.0. The van der Waals surface area contributed by atoms with Gasteiger partial charge in [0.05, 0.1) is 27.3 Å². The minimum absolute atomic E-state index is 0.0636. The fourth-order valence-corrected chi connectivity index (χ4v) is 9.09. The molecule has 14 heteroatoms. The van der Waals surface area contributed by atoms with Gasteiger partial charge in [-0.05, 0) is 74.8 Å². The third-order valence-electron chi connectivity index (χ3n) is 11.6. The third kappa shape index (κ3) is 7.16. The Morgan fingerprint density at radius 2 is 1.67 bits per heavy atom. The molecule has 0 bridgehead atoms. The lowest BCUT2D eigenvalue weighted by Crippen LogP contribution is -2.74. The van der Waals surface area contributed by atoms with Crippen molar-refractivity contribution < 1.29 is 33.4 Å². The lowest BCUT2D eigenvalue weighted by Gasteiger charge is -2.63. The molecule has 1 saturated carbocycles. The van der Waals surface area contributed by atoms with Gasteiger partial charge in [-0.1, -0.05) is 39.3 Å². The molecule has 1 aliphatic carbocycles. The molecule has 3 aromatic rings. The molecule has 1 aromatic heterocycles. The highest BCUT2D eigenvalue weighted by atomic mass is 35.5. The first-order valence-electron chi connectivity index (χ1n) is 18.5. The number of amides is 5. The number of hydrogen-bond acceptors (Lipinski definition) is 10. The number of pyridine rings is 1. The molecule has 3 fully saturated rings. The second-order valence-electron chi connectivity index (χ2n) is 15.9. The number of fused-ring (bicyclic) bond motifs is 1. The average Bonchev–Trinajstić information content (AvgIpc) is 3.41. The van der Waals surface area contributed by atoms with Crippen LogP contribution in [0.5, 0.6) is 11.5 Å². The number of carbonyl (C=O) groups is 5. The van der Waals surface area contributed by atoms with E-state index in [9.17, 15) is 29.2 Å². The summed E-state index contributed by atoms with van der Waals surface area (Å²) in [5, 5.41) is 15.0. The van der Waals surface area contributed by atoms with E-state index in [-0.39, 0.29) is 58.8 Å². The van der Waals surface area contributed by atoms with Gasteiger partial charge in [-0.2, -0.15) is 5.26 Å². The predicted molar refractivity (Wildman–Crippen MR) is 201 cm³/mol. The molecule has 2 saturated heterocycles. The second-order valence-corrected chi connectivity index (χ2v) is 16.3. The number of nitrogens with one attached hydrogen (secondary N) is 2. The molecule has 2 N–H and O–H groups in total. The highest BCUT2D eigenvalue weighted by Crippen LogP contribution is 2.55. The van der Waals surface area contributed by atoms with Crippen LogP contribution in [-0.4, -0.2) is 88.7 Å². The van der Waals surface area contributed by atoms with E-state index in [1.165, 1.54) is 0 Å². The molecule has 7 rings (SSSR count). The Hall–Kier alpha value is -5.32. The molecular formula is C41H43ClN6O7. The van der Waals surface area contributed by atoms with Crippen LogP contribution in [0.15, 0.2) is 54.7 Å². The first kappa shape index (κ1) is 38.0. The predicted octanol–water partition coefficient (Wildman–Crippen LogP) is 4.88. The van der Waals surface area contributed by atoms with Crippen LogP contribution in [-0.2, 0) is 9.59 Å². The maximum atomic E-state index is 13.4. The first-order chi connectivity index (χ1) is 26.2. The maximum Gasteiger partial charge on any atom is 0.262 e. The summed E-state index contributed by atoms with van der Waals surface area (Å²) in [4.78, 5) is 71.3. The van der Waals surface area contributed by atoms with Crippen molar-refractivity contribution in [3.63, 3.8) is 0 Å². The van der Waals surface area contributed by atoms with Gasteiger partial charge in [-0.15, -0.1) is 0 Å². The highest BCUT2D eigenvalue weighted by Gasteiger charge is 2.64. The van der Waals surface area contributed by atoms with Gasteiger partial charge in [0, 0.05) is 53.7 Å². The number of halogens is 1. The van der Waals surface area contributed by atoms with E-state index in [0.717, 1.165) is 36.5 Å². The molecule has 1 atom stereocenters. The van der Waals surface area contributed by atoms with Gasteiger partial charge >= 0.3 is 0 Å². The van der Waals surface area contributed by atoms with Gasteiger partial charge in [0.15, 0.2) is 0 Å². The first-order valence-corrected chi connectivity index (χ1v) is 18.9. The van der Waals surface area contributed by atoms with Gasteiger partial charge in [-0.25, -0.2) is 0 Å². The molecule has 2 aromatic carbocycles. The summed E-state index contributed by atoms with van der Waals surface area (Å²) in [5.41, 5.74) is 1.47. The Morgan fingerprint density at radius 3 is 2.33 bits per heavy atom. The van der Waals surface area contributed by atoms with Crippen LogP contribution >= 0.6 is 11.6 Å². The Kier molecular flexibility index (Phi) is 10.2. The monoisotopic (exact) mass is 766 g/mol. The van der Waals surface area contributed by atoms with Crippen molar-refractivity contribution in [3.8, 4) is 17.6 Å². The molecule has 0 spiro atoms. The Morgan fingerprint density at radius 1 is 0.964 bits per heavy atom. The summed E-state index contributed by atoms with van der Waals surface area (Å²) in [7, 11) is 0. The summed E-state index contributed by atoms with van der Waals surface area (Å²) in [6.07, 6.45) is 3.42. The van der Waals surface area contributed by atoms with E-state index in [1.54, 1.807) is 42.6 Å². The number of hydrogen-bond donors (Lipinski definition) is 2. The van der Waals surface area contributed by atoms with Crippen LogP contribution < -0.4 is 20.1 Å².